The van der Waals surface area contributed by atoms with Gasteiger partial charge in [0.15, 0.2) is 0 Å². The molecule has 6 nitrogen and oxygen atoms in total. The number of carbonyl (C=O) groups is 2. The molecule has 0 aromatic heterocycles. The van der Waals surface area contributed by atoms with Crippen molar-refractivity contribution in [3.05, 3.63) is 29.8 Å². The Bertz CT molecular complexity index is 644. The zero-order valence-corrected chi connectivity index (χ0v) is 13.3. The van der Waals surface area contributed by atoms with E-state index in [9.17, 15) is 22.8 Å². The largest absolute Gasteiger partial charge is 0.573 e. The maximum atomic E-state index is 12.2. The van der Waals surface area contributed by atoms with E-state index in [-0.39, 0.29) is 30.2 Å². The summed E-state index contributed by atoms with van der Waals surface area (Å²) in [5.41, 5.74) is 0.506. The van der Waals surface area contributed by atoms with Crippen molar-refractivity contribution >= 4 is 11.8 Å². The second-order valence-corrected chi connectivity index (χ2v) is 6.12. The van der Waals surface area contributed by atoms with Crippen molar-refractivity contribution in [2.24, 2.45) is 0 Å². The lowest BCUT2D eigenvalue weighted by atomic mass is 10.0. The van der Waals surface area contributed by atoms with Crippen molar-refractivity contribution in [1.82, 2.24) is 15.5 Å². The molecule has 2 amide bonds. The zero-order chi connectivity index (χ0) is 18.0. The van der Waals surface area contributed by atoms with Crippen molar-refractivity contribution in [3.63, 3.8) is 0 Å². The maximum Gasteiger partial charge on any atom is 0.573 e. The van der Waals surface area contributed by atoms with Crippen LogP contribution in [0.5, 0.6) is 5.75 Å². The van der Waals surface area contributed by atoms with E-state index < -0.39 is 12.4 Å². The molecule has 0 unspecified atom stereocenters. The number of hydrogen-bond acceptors (Lipinski definition) is 4. The van der Waals surface area contributed by atoms with E-state index in [1.165, 1.54) is 12.1 Å². The molecule has 2 fully saturated rings. The van der Waals surface area contributed by atoms with E-state index in [2.05, 4.69) is 15.4 Å². The summed E-state index contributed by atoms with van der Waals surface area (Å²) in [6.45, 7) is 0.964. The van der Waals surface area contributed by atoms with Crippen LogP contribution in [0.4, 0.5) is 13.2 Å². The van der Waals surface area contributed by atoms with Crippen LogP contribution in [0.15, 0.2) is 24.3 Å². The summed E-state index contributed by atoms with van der Waals surface area (Å²) in [5.74, 6) is -0.792. The Morgan fingerprint density at radius 2 is 1.96 bits per heavy atom. The van der Waals surface area contributed by atoms with Crippen LogP contribution in [0.25, 0.3) is 0 Å². The molecule has 3 rings (SSSR count). The number of carbonyl (C=O) groups excluding carboxylic acids is 2. The van der Waals surface area contributed by atoms with Gasteiger partial charge in [0.25, 0.3) is 0 Å². The van der Waals surface area contributed by atoms with Crippen molar-refractivity contribution in [1.29, 1.82) is 0 Å². The Labute approximate surface area is 142 Å². The Morgan fingerprint density at radius 3 is 2.56 bits per heavy atom. The normalized spacial score (nSPS) is 21.6. The van der Waals surface area contributed by atoms with Gasteiger partial charge in [-0.3, -0.25) is 14.5 Å². The third kappa shape index (κ3) is 4.85. The molecule has 25 heavy (non-hydrogen) atoms. The minimum absolute atomic E-state index is 0.0649. The number of alkyl halides is 3. The molecule has 2 aliphatic rings. The van der Waals surface area contributed by atoms with Gasteiger partial charge in [0.1, 0.15) is 11.8 Å². The lowest BCUT2D eigenvalue weighted by molar-refractivity contribution is -0.274. The minimum atomic E-state index is -4.77. The van der Waals surface area contributed by atoms with E-state index in [0.29, 0.717) is 18.7 Å². The Hall–Kier alpha value is -2.29. The van der Waals surface area contributed by atoms with E-state index in [0.717, 1.165) is 25.0 Å². The molecule has 1 aliphatic carbocycles. The van der Waals surface area contributed by atoms with Gasteiger partial charge >= 0.3 is 6.36 Å². The number of ether oxygens (including phenoxy) is 1. The average molecular weight is 357 g/mol. The second-order valence-electron chi connectivity index (χ2n) is 6.12. The number of hydrogen-bond donors (Lipinski definition) is 2. The molecule has 9 heteroatoms. The van der Waals surface area contributed by atoms with Gasteiger partial charge in [0.05, 0.1) is 6.54 Å². The highest BCUT2D eigenvalue weighted by atomic mass is 19.4. The van der Waals surface area contributed by atoms with Crippen molar-refractivity contribution in [2.75, 3.05) is 19.6 Å². The molecule has 1 aromatic rings. The zero-order valence-electron chi connectivity index (χ0n) is 13.3. The lowest BCUT2D eigenvalue weighted by Gasteiger charge is -2.34. The van der Waals surface area contributed by atoms with Gasteiger partial charge in [0.2, 0.25) is 11.8 Å². The first-order valence-corrected chi connectivity index (χ1v) is 7.99. The van der Waals surface area contributed by atoms with Crippen LogP contribution in [-0.2, 0) is 9.59 Å². The lowest BCUT2D eigenvalue weighted by Crippen LogP contribution is -2.52. The van der Waals surface area contributed by atoms with Crippen LogP contribution < -0.4 is 15.4 Å². The number of nitrogens with one attached hydrogen (secondary N) is 2. The predicted molar refractivity (Wildman–Crippen MR) is 81.6 cm³/mol. The second kappa shape index (κ2) is 6.91. The van der Waals surface area contributed by atoms with Crippen molar-refractivity contribution in [2.45, 2.75) is 31.3 Å². The summed E-state index contributed by atoms with van der Waals surface area (Å²) >= 11 is 0. The third-order valence-corrected chi connectivity index (χ3v) is 4.03. The average Bonchev–Trinajstić information content (AvgIpc) is 3.31. The predicted octanol–water partition coefficient (Wildman–Crippen LogP) is 1.34. The molecular formula is C16H18F3N3O3. The molecule has 0 bridgehead atoms. The van der Waals surface area contributed by atoms with E-state index in [1.807, 2.05) is 0 Å². The summed E-state index contributed by atoms with van der Waals surface area (Å²) in [6.07, 6.45) is -2.83. The van der Waals surface area contributed by atoms with Crippen molar-refractivity contribution < 1.29 is 27.5 Å². The SMILES string of the molecule is O=C(CN1CCNC(=O)[C@H]1c1ccc(OC(F)(F)F)cc1)NC1CC1. The quantitative estimate of drug-likeness (QED) is 0.834. The van der Waals surface area contributed by atoms with Gasteiger partial charge in [-0.1, -0.05) is 12.1 Å². The minimum Gasteiger partial charge on any atom is -0.406 e. The smallest absolute Gasteiger partial charge is 0.406 e. The molecule has 0 radical (unpaired) electrons. The van der Waals surface area contributed by atoms with Crippen LogP contribution in [-0.4, -0.2) is 48.8 Å². The number of halogens is 3. The molecule has 1 aliphatic heterocycles. The molecule has 1 heterocycles. The fourth-order valence-corrected chi connectivity index (χ4v) is 2.78. The van der Waals surface area contributed by atoms with Crippen LogP contribution in [0.2, 0.25) is 0 Å². The van der Waals surface area contributed by atoms with Gasteiger partial charge in [-0.2, -0.15) is 0 Å². The summed E-state index contributed by atoms with van der Waals surface area (Å²) in [4.78, 5) is 26.0. The van der Waals surface area contributed by atoms with E-state index >= 15 is 0 Å². The molecule has 136 valence electrons. The first kappa shape index (κ1) is 17.5. The first-order valence-electron chi connectivity index (χ1n) is 7.99. The number of benzene rings is 1. The van der Waals surface area contributed by atoms with Gasteiger partial charge in [-0.05, 0) is 30.5 Å². The molecule has 1 saturated carbocycles. The highest BCUT2D eigenvalue weighted by molar-refractivity contribution is 5.85. The molecular weight excluding hydrogens is 339 g/mol. The molecule has 2 N–H and O–H groups in total. The molecule has 0 spiro atoms. The number of piperazine rings is 1. The molecule has 1 atom stereocenters. The van der Waals surface area contributed by atoms with Crippen molar-refractivity contribution in [3.8, 4) is 5.75 Å². The van der Waals surface area contributed by atoms with Crippen LogP contribution >= 0.6 is 0 Å². The van der Waals surface area contributed by atoms with Crippen LogP contribution in [0.3, 0.4) is 0 Å². The maximum absolute atomic E-state index is 12.2. The third-order valence-electron chi connectivity index (χ3n) is 4.03. The number of rotatable bonds is 5. The molecule has 1 saturated heterocycles. The Morgan fingerprint density at radius 1 is 1.28 bits per heavy atom. The van der Waals surface area contributed by atoms with Gasteiger partial charge in [0, 0.05) is 19.1 Å². The fraction of sp³-hybridized carbons (Fsp3) is 0.500. The summed E-state index contributed by atoms with van der Waals surface area (Å²) in [5, 5.41) is 5.58. The Balaban J connectivity index is 1.71. The highest BCUT2D eigenvalue weighted by Gasteiger charge is 2.34. The standard InChI is InChI=1S/C16H18F3N3O3/c17-16(18,19)25-12-5-1-10(2-6-12)14-15(24)20-7-8-22(14)9-13(23)21-11-3-4-11/h1-2,5-6,11,14H,3-4,7-9H2,(H,20,24)(H,21,23)/t14-/m1/s1. The van der Waals surface area contributed by atoms with E-state index in [4.69, 9.17) is 0 Å². The van der Waals surface area contributed by atoms with E-state index in [1.54, 1.807) is 4.90 Å². The molecule has 1 aromatic carbocycles. The van der Waals surface area contributed by atoms with Crippen LogP contribution in [0, 0.1) is 0 Å². The number of nitrogens with zero attached hydrogens (tertiary/aromatic N) is 1. The fourth-order valence-electron chi connectivity index (χ4n) is 2.78. The summed E-state index contributed by atoms with van der Waals surface area (Å²) in [7, 11) is 0. The van der Waals surface area contributed by atoms with Gasteiger partial charge < -0.3 is 15.4 Å². The van der Waals surface area contributed by atoms with Crippen LogP contribution in [0.1, 0.15) is 24.4 Å². The Kier molecular flexibility index (Phi) is 4.85. The monoisotopic (exact) mass is 357 g/mol. The number of amides is 2. The summed E-state index contributed by atoms with van der Waals surface area (Å²) < 4.78 is 40.5. The van der Waals surface area contributed by atoms with Gasteiger partial charge in [-0.25, -0.2) is 0 Å². The first-order chi connectivity index (χ1) is 11.8. The van der Waals surface area contributed by atoms with Gasteiger partial charge in [-0.15, -0.1) is 13.2 Å². The highest BCUT2D eigenvalue weighted by Crippen LogP contribution is 2.28. The summed E-state index contributed by atoms with van der Waals surface area (Å²) in [6, 6.07) is 4.63. The topological polar surface area (TPSA) is 70.7 Å².